The van der Waals surface area contributed by atoms with Gasteiger partial charge in [0.25, 0.3) is 0 Å². The number of hydrogen-bond donors (Lipinski definition) is 0. The van der Waals surface area contributed by atoms with Crippen molar-refractivity contribution >= 4 is 14.1 Å². The second-order valence-corrected chi connectivity index (χ2v) is 9.63. The van der Waals surface area contributed by atoms with Gasteiger partial charge in [-0.25, -0.2) is 0 Å². The predicted molar refractivity (Wildman–Crippen MR) is 71.5 cm³/mol. The molecule has 0 aromatic heterocycles. The minimum atomic E-state index is -1.09. The zero-order valence-corrected chi connectivity index (χ0v) is 10.7. The second kappa shape index (κ2) is 5.55. The topological polar surface area (TPSA) is 0 Å². The Morgan fingerprint density at radius 3 is 2.33 bits per heavy atom. The monoisotopic (exact) mass is 214 g/mol. The van der Waals surface area contributed by atoms with Gasteiger partial charge >= 0.3 is 0 Å². The van der Waals surface area contributed by atoms with E-state index in [1.165, 1.54) is 5.56 Å². The molecule has 0 aliphatic rings. The normalized spacial score (nSPS) is 11.1. The summed E-state index contributed by atoms with van der Waals surface area (Å²) in [5.41, 5.74) is 6.66. The molecule has 0 N–H and O–H groups in total. The van der Waals surface area contributed by atoms with E-state index in [0.717, 1.165) is 0 Å². The van der Waals surface area contributed by atoms with Crippen LogP contribution in [0.5, 0.6) is 0 Å². The maximum Gasteiger partial charge on any atom is 0.0781 e. The van der Waals surface area contributed by atoms with Crippen LogP contribution in [0.25, 0.3) is 6.08 Å². The average molecular weight is 214 g/mol. The number of benzene rings is 1. The lowest BCUT2D eigenvalue weighted by Gasteiger charge is -2.04. The van der Waals surface area contributed by atoms with Crippen molar-refractivity contribution in [3.8, 4) is 0 Å². The summed E-state index contributed by atoms with van der Waals surface area (Å²) in [6.45, 7) is 6.90. The molecule has 0 atom stereocenters. The molecule has 1 rings (SSSR count). The lowest BCUT2D eigenvalue weighted by molar-refractivity contribution is 1.66. The van der Waals surface area contributed by atoms with Crippen LogP contribution in [0.1, 0.15) is 5.56 Å². The Kier molecular flexibility index (Phi) is 4.35. The first-order valence-electron chi connectivity index (χ1n) is 5.23. The van der Waals surface area contributed by atoms with Crippen LogP contribution in [0.15, 0.2) is 53.9 Å². The van der Waals surface area contributed by atoms with E-state index in [2.05, 4.69) is 49.3 Å². The Morgan fingerprint density at radius 2 is 1.73 bits per heavy atom. The summed E-state index contributed by atoms with van der Waals surface area (Å²) < 4.78 is 0. The first-order valence-corrected chi connectivity index (χ1v) is 8.81. The third kappa shape index (κ3) is 5.90. The maximum absolute atomic E-state index is 3.22. The molecule has 1 heteroatoms. The molecule has 1 aromatic rings. The van der Waals surface area contributed by atoms with Gasteiger partial charge in [0.15, 0.2) is 0 Å². The molecule has 0 saturated carbocycles. The van der Waals surface area contributed by atoms with Crippen molar-refractivity contribution in [2.45, 2.75) is 19.6 Å². The fourth-order valence-corrected chi connectivity index (χ4v) is 1.67. The summed E-state index contributed by atoms with van der Waals surface area (Å²) in [7, 11) is -1.09. The van der Waals surface area contributed by atoms with Gasteiger partial charge in [-0.05, 0) is 11.6 Å². The molecule has 0 heterocycles. The second-order valence-electron chi connectivity index (χ2n) is 4.61. The SMILES string of the molecule is C[Si](C)(C)C=C=C/C=C/c1ccccc1. The highest BCUT2D eigenvalue weighted by atomic mass is 28.3. The zero-order valence-electron chi connectivity index (χ0n) is 9.70. The van der Waals surface area contributed by atoms with Crippen molar-refractivity contribution < 1.29 is 0 Å². The van der Waals surface area contributed by atoms with Crippen LogP contribution in [0.4, 0.5) is 0 Å². The molecule has 0 amide bonds. The van der Waals surface area contributed by atoms with E-state index in [9.17, 15) is 0 Å². The van der Waals surface area contributed by atoms with Crippen LogP contribution in [0, 0.1) is 0 Å². The zero-order chi connectivity index (χ0) is 11.1. The predicted octanol–water partition coefficient (Wildman–Crippen LogP) is 4.29. The molecule has 0 aliphatic carbocycles. The molecule has 15 heavy (non-hydrogen) atoms. The van der Waals surface area contributed by atoms with Crippen LogP contribution in [-0.4, -0.2) is 8.07 Å². The smallest absolute Gasteiger partial charge is 0.0781 e. The minimum absolute atomic E-state index is 1.09. The van der Waals surface area contributed by atoms with Crippen molar-refractivity contribution in [3.63, 3.8) is 0 Å². The van der Waals surface area contributed by atoms with E-state index in [1.807, 2.05) is 30.4 Å². The summed E-state index contributed by atoms with van der Waals surface area (Å²) in [5, 5.41) is 0. The summed E-state index contributed by atoms with van der Waals surface area (Å²) in [6, 6.07) is 10.3. The van der Waals surface area contributed by atoms with Crippen LogP contribution in [0.2, 0.25) is 19.6 Å². The van der Waals surface area contributed by atoms with E-state index < -0.39 is 8.07 Å². The minimum Gasteiger partial charge on any atom is -0.130 e. The van der Waals surface area contributed by atoms with Gasteiger partial charge < -0.3 is 0 Å². The Morgan fingerprint density at radius 1 is 1.07 bits per heavy atom. The van der Waals surface area contributed by atoms with Crippen molar-refractivity contribution in [3.05, 3.63) is 59.5 Å². The van der Waals surface area contributed by atoms with Gasteiger partial charge in [0.05, 0.1) is 8.07 Å². The molecule has 1 aromatic carbocycles. The Balaban J connectivity index is 2.58. The lowest BCUT2D eigenvalue weighted by atomic mass is 10.2. The van der Waals surface area contributed by atoms with Gasteiger partial charge in [0.2, 0.25) is 0 Å². The van der Waals surface area contributed by atoms with E-state index >= 15 is 0 Å². The highest BCUT2D eigenvalue weighted by Crippen LogP contribution is 2.02. The van der Waals surface area contributed by atoms with Gasteiger partial charge in [-0.1, -0.05) is 67.8 Å². The Bertz CT molecular complexity index is 374. The van der Waals surface area contributed by atoms with Gasteiger partial charge in [-0.3, -0.25) is 0 Å². The summed E-state index contributed by atoms with van der Waals surface area (Å²) in [6.07, 6.45) is 6.10. The highest BCUT2D eigenvalue weighted by Gasteiger charge is 2.05. The third-order valence-electron chi connectivity index (χ3n) is 1.80. The molecule has 0 saturated heterocycles. The molecule has 0 aliphatic heterocycles. The summed E-state index contributed by atoms with van der Waals surface area (Å²) in [5.74, 6) is 0. The Hall–Kier alpha value is -1.30. The first-order chi connectivity index (χ1) is 7.08. The molecule has 0 bridgehead atoms. The van der Waals surface area contributed by atoms with Gasteiger partial charge in [-0.2, -0.15) is 0 Å². The molecule has 0 nitrogen and oxygen atoms in total. The lowest BCUT2D eigenvalue weighted by Crippen LogP contribution is -2.14. The summed E-state index contributed by atoms with van der Waals surface area (Å²) in [4.78, 5) is 0. The number of hydrogen-bond acceptors (Lipinski definition) is 0. The molecular formula is C14H18Si. The van der Waals surface area contributed by atoms with E-state index in [-0.39, 0.29) is 0 Å². The fraction of sp³-hybridized carbons (Fsp3) is 0.214. The molecule has 0 unspecified atom stereocenters. The van der Waals surface area contributed by atoms with E-state index in [1.54, 1.807) is 0 Å². The van der Waals surface area contributed by atoms with Gasteiger partial charge in [0, 0.05) is 0 Å². The van der Waals surface area contributed by atoms with Crippen molar-refractivity contribution in [1.29, 1.82) is 0 Å². The maximum atomic E-state index is 3.22. The standard InChI is InChI=1S/C14H18Si/c1-15(2,3)13-9-5-8-12-14-10-6-4-7-11-14/h4-8,10-13H,1-3H3/b12-8+. The van der Waals surface area contributed by atoms with Gasteiger partial charge in [0.1, 0.15) is 0 Å². The first kappa shape index (κ1) is 11.8. The molecular weight excluding hydrogens is 196 g/mol. The van der Waals surface area contributed by atoms with E-state index in [4.69, 9.17) is 0 Å². The molecule has 78 valence electrons. The van der Waals surface area contributed by atoms with Crippen molar-refractivity contribution in [2.24, 2.45) is 0 Å². The van der Waals surface area contributed by atoms with Crippen LogP contribution >= 0.6 is 0 Å². The van der Waals surface area contributed by atoms with Crippen LogP contribution in [-0.2, 0) is 0 Å². The fourth-order valence-electron chi connectivity index (χ4n) is 1.08. The largest absolute Gasteiger partial charge is 0.130 e. The number of rotatable bonds is 3. The van der Waals surface area contributed by atoms with Crippen LogP contribution in [0.3, 0.4) is 0 Å². The van der Waals surface area contributed by atoms with Crippen molar-refractivity contribution in [1.82, 2.24) is 0 Å². The highest BCUT2D eigenvalue weighted by molar-refractivity contribution is 6.80. The number of allylic oxidation sites excluding steroid dienone is 2. The van der Waals surface area contributed by atoms with Gasteiger partial charge in [-0.15, -0.1) is 5.73 Å². The third-order valence-corrected chi connectivity index (χ3v) is 2.83. The quantitative estimate of drug-likeness (QED) is 0.400. The molecule has 0 radical (unpaired) electrons. The average Bonchev–Trinajstić information content (AvgIpc) is 2.17. The Labute approximate surface area is 93.7 Å². The van der Waals surface area contributed by atoms with E-state index in [0.29, 0.717) is 0 Å². The molecule has 0 spiro atoms. The van der Waals surface area contributed by atoms with Crippen molar-refractivity contribution in [2.75, 3.05) is 0 Å². The molecule has 0 fully saturated rings. The van der Waals surface area contributed by atoms with Crippen LogP contribution < -0.4 is 0 Å². The summed E-state index contributed by atoms with van der Waals surface area (Å²) >= 11 is 0.